The van der Waals surface area contributed by atoms with E-state index in [0.717, 1.165) is 31.7 Å². The maximum Gasteiger partial charge on any atom is 0.242 e. The van der Waals surface area contributed by atoms with E-state index in [1.54, 1.807) is 12.1 Å². The summed E-state index contributed by atoms with van der Waals surface area (Å²) in [6, 6.07) is 3.31. The second-order valence-corrected chi connectivity index (χ2v) is 8.04. The molecule has 0 spiro atoms. The number of ether oxygens (including phenoxy) is 1. The van der Waals surface area contributed by atoms with E-state index in [4.69, 9.17) is 4.74 Å². The molecule has 130 valence electrons. The van der Waals surface area contributed by atoms with E-state index < -0.39 is 10.0 Å². The third-order valence-electron chi connectivity index (χ3n) is 3.85. The van der Waals surface area contributed by atoms with Gasteiger partial charge in [0.1, 0.15) is 10.7 Å². The molecule has 7 heteroatoms. The molecule has 1 saturated heterocycles. The number of anilines is 1. The zero-order chi connectivity index (χ0) is 17.0. The highest BCUT2D eigenvalue weighted by molar-refractivity contribution is 7.89. The minimum Gasteiger partial charge on any atom is -0.372 e. The number of pyridine rings is 1. The average Bonchev–Trinajstić information content (AvgIpc) is 2.46. The van der Waals surface area contributed by atoms with Crippen molar-refractivity contribution in [1.82, 2.24) is 9.71 Å². The first-order valence-electron chi connectivity index (χ1n) is 8.20. The van der Waals surface area contributed by atoms with Crippen LogP contribution < -0.4 is 9.62 Å². The fourth-order valence-corrected chi connectivity index (χ4v) is 4.13. The molecular weight excluding hydrogens is 314 g/mol. The van der Waals surface area contributed by atoms with E-state index in [-0.39, 0.29) is 23.1 Å². The maximum absolute atomic E-state index is 12.3. The summed E-state index contributed by atoms with van der Waals surface area (Å²) in [4.78, 5) is 6.68. The number of morpholine rings is 1. The molecule has 1 aliphatic heterocycles. The van der Waals surface area contributed by atoms with Crippen LogP contribution in [0.4, 0.5) is 5.82 Å². The molecule has 1 aromatic rings. The summed E-state index contributed by atoms with van der Waals surface area (Å²) < 4.78 is 33.0. The molecule has 1 fully saturated rings. The van der Waals surface area contributed by atoms with Crippen LogP contribution in [-0.2, 0) is 14.8 Å². The average molecular weight is 341 g/mol. The summed E-state index contributed by atoms with van der Waals surface area (Å²) in [5.41, 5.74) is 0. The smallest absolute Gasteiger partial charge is 0.242 e. The van der Waals surface area contributed by atoms with Crippen LogP contribution in [-0.4, -0.2) is 44.7 Å². The molecule has 0 aromatic carbocycles. The number of nitrogens with zero attached hydrogens (tertiary/aromatic N) is 2. The van der Waals surface area contributed by atoms with E-state index >= 15 is 0 Å². The van der Waals surface area contributed by atoms with E-state index in [1.165, 1.54) is 6.20 Å². The van der Waals surface area contributed by atoms with Crippen molar-refractivity contribution < 1.29 is 13.2 Å². The monoisotopic (exact) mass is 341 g/mol. The summed E-state index contributed by atoms with van der Waals surface area (Å²) in [7, 11) is -3.51. The molecule has 2 heterocycles. The topological polar surface area (TPSA) is 71.5 Å². The lowest BCUT2D eigenvalue weighted by molar-refractivity contribution is -0.00546. The Labute approximate surface area is 139 Å². The molecule has 1 aliphatic rings. The van der Waals surface area contributed by atoms with Crippen molar-refractivity contribution in [2.45, 2.75) is 63.7 Å². The van der Waals surface area contributed by atoms with Gasteiger partial charge in [-0.3, -0.25) is 0 Å². The van der Waals surface area contributed by atoms with Gasteiger partial charge >= 0.3 is 0 Å². The Morgan fingerprint density at radius 3 is 2.52 bits per heavy atom. The first-order chi connectivity index (χ1) is 10.8. The third-order valence-corrected chi connectivity index (χ3v) is 5.43. The Morgan fingerprint density at radius 1 is 1.35 bits per heavy atom. The van der Waals surface area contributed by atoms with Crippen molar-refractivity contribution in [2.24, 2.45) is 0 Å². The molecule has 1 N–H and O–H groups in total. The lowest BCUT2D eigenvalue weighted by Gasteiger charge is -2.36. The number of aromatic nitrogens is 1. The van der Waals surface area contributed by atoms with Gasteiger partial charge in [0, 0.05) is 25.3 Å². The van der Waals surface area contributed by atoms with Crippen molar-refractivity contribution in [2.75, 3.05) is 18.0 Å². The minimum absolute atomic E-state index is 0.0781. The van der Waals surface area contributed by atoms with Crippen molar-refractivity contribution >= 4 is 15.8 Å². The molecule has 0 saturated carbocycles. The number of hydrogen-bond acceptors (Lipinski definition) is 5. The highest BCUT2D eigenvalue weighted by Crippen LogP contribution is 2.20. The van der Waals surface area contributed by atoms with Gasteiger partial charge in [-0.1, -0.05) is 13.3 Å². The number of sulfonamides is 1. The van der Waals surface area contributed by atoms with Gasteiger partial charge in [-0.2, -0.15) is 0 Å². The zero-order valence-electron chi connectivity index (χ0n) is 14.3. The predicted molar refractivity (Wildman–Crippen MR) is 91.2 cm³/mol. The zero-order valence-corrected chi connectivity index (χ0v) is 15.1. The lowest BCUT2D eigenvalue weighted by atomic mass is 10.2. The normalized spacial score (nSPS) is 23.7. The van der Waals surface area contributed by atoms with Gasteiger partial charge < -0.3 is 9.64 Å². The lowest BCUT2D eigenvalue weighted by Crippen LogP contribution is -2.45. The second kappa shape index (κ2) is 7.59. The van der Waals surface area contributed by atoms with Crippen LogP contribution in [0.15, 0.2) is 23.2 Å². The predicted octanol–water partition coefficient (Wildman–Crippen LogP) is 2.16. The quantitative estimate of drug-likeness (QED) is 0.858. The van der Waals surface area contributed by atoms with Crippen LogP contribution in [0.1, 0.15) is 40.5 Å². The third kappa shape index (κ3) is 4.89. The van der Waals surface area contributed by atoms with E-state index in [2.05, 4.69) is 14.6 Å². The Balaban J connectivity index is 2.09. The molecule has 3 atom stereocenters. The molecule has 23 heavy (non-hydrogen) atoms. The van der Waals surface area contributed by atoms with Crippen LogP contribution in [0.5, 0.6) is 0 Å². The molecule has 0 bridgehead atoms. The maximum atomic E-state index is 12.3. The molecule has 1 aromatic heterocycles. The summed E-state index contributed by atoms with van der Waals surface area (Å²) in [5, 5.41) is 0. The van der Waals surface area contributed by atoms with Crippen LogP contribution in [0, 0.1) is 0 Å². The first-order valence-corrected chi connectivity index (χ1v) is 9.69. The van der Waals surface area contributed by atoms with Gasteiger partial charge in [-0.25, -0.2) is 18.1 Å². The highest BCUT2D eigenvalue weighted by Gasteiger charge is 2.24. The van der Waals surface area contributed by atoms with Gasteiger partial charge in [0.15, 0.2) is 0 Å². The molecule has 0 amide bonds. The van der Waals surface area contributed by atoms with Crippen molar-refractivity contribution in [1.29, 1.82) is 0 Å². The Bertz CT molecular complexity index is 594. The van der Waals surface area contributed by atoms with Gasteiger partial charge in [-0.05, 0) is 39.3 Å². The van der Waals surface area contributed by atoms with Gasteiger partial charge in [0.2, 0.25) is 10.0 Å². The van der Waals surface area contributed by atoms with Crippen LogP contribution in [0.2, 0.25) is 0 Å². The highest BCUT2D eigenvalue weighted by atomic mass is 32.2. The summed E-state index contributed by atoms with van der Waals surface area (Å²) >= 11 is 0. The van der Waals surface area contributed by atoms with E-state index in [1.807, 2.05) is 27.7 Å². The number of hydrogen-bond donors (Lipinski definition) is 1. The summed E-state index contributed by atoms with van der Waals surface area (Å²) in [5.74, 6) is 0.785. The second-order valence-electron chi connectivity index (χ2n) is 6.33. The molecule has 2 rings (SSSR count). The van der Waals surface area contributed by atoms with Gasteiger partial charge in [-0.15, -0.1) is 0 Å². The molecule has 0 unspecified atom stereocenters. The Morgan fingerprint density at radius 2 is 2.00 bits per heavy atom. The standard InChI is InChI=1S/C16H27N3O3S/c1-5-6-12(2)18-23(20,21)15-7-8-16(17-9-15)19-10-13(3)22-14(4)11-19/h7-9,12-14,18H,5-6,10-11H2,1-4H3/t12-,13-,14+/m1/s1. The number of rotatable bonds is 6. The Kier molecular flexibility index (Phi) is 6.00. The fraction of sp³-hybridized carbons (Fsp3) is 0.688. The van der Waals surface area contributed by atoms with Gasteiger partial charge in [0.05, 0.1) is 12.2 Å². The van der Waals surface area contributed by atoms with E-state index in [9.17, 15) is 8.42 Å². The van der Waals surface area contributed by atoms with Gasteiger partial charge in [0.25, 0.3) is 0 Å². The van der Waals surface area contributed by atoms with Crippen LogP contribution in [0.25, 0.3) is 0 Å². The Hall–Kier alpha value is -1.18. The van der Waals surface area contributed by atoms with Crippen LogP contribution in [0.3, 0.4) is 0 Å². The van der Waals surface area contributed by atoms with Crippen molar-refractivity contribution in [3.8, 4) is 0 Å². The summed E-state index contributed by atoms with van der Waals surface area (Å²) in [6.45, 7) is 9.48. The minimum atomic E-state index is -3.51. The molecular formula is C16H27N3O3S. The number of nitrogens with one attached hydrogen (secondary N) is 1. The van der Waals surface area contributed by atoms with Crippen molar-refractivity contribution in [3.63, 3.8) is 0 Å². The van der Waals surface area contributed by atoms with Crippen molar-refractivity contribution in [3.05, 3.63) is 18.3 Å². The first kappa shape index (κ1) is 18.2. The molecule has 0 radical (unpaired) electrons. The molecule has 6 nitrogen and oxygen atoms in total. The fourth-order valence-electron chi connectivity index (χ4n) is 2.91. The van der Waals surface area contributed by atoms with E-state index in [0.29, 0.717) is 0 Å². The largest absolute Gasteiger partial charge is 0.372 e. The SMILES string of the molecule is CCC[C@@H](C)NS(=O)(=O)c1ccc(N2C[C@@H](C)O[C@@H](C)C2)nc1. The summed E-state index contributed by atoms with van der Waals surface area (Å²) in [6.07, 6.45) is 3.46. The van der Waals surface area contributed by atoms with Crippen LogP contribution >= 0.6 is 0 Å². The molecule has 0 aliphatic carbocycles.